The molecule has 0 spiro atoms. The molecule has 0 bridgehead atoms. The van der Waals surface area contributed by atoms with E-state index < -0.39 is 11.8 Å². The summed E-state index contributed by atoms with van der Waals surface area (Å²) in [4.78, 5) is 36.5. The van der Waals surface area contributed by atoms with E-state index in [1.165, 1.54) is 0 Å². The molecule has 7 aromatic rings. The van der Waals surface area contributed by atoms with Crippen LogP contribution in [0.25, 0.3) is 22.6 Å². The van der Waals surface area contributed by atoms with Crippen molar-refractivity contribution < 1.29 is 9.59 Å². The van der Waals surface area contributed by atoms with E-state index in [-0.39, 0.29) is 11.8 Å². The first kappa shape index (κ1) is 31.9. The zero-order valence-corrected chi connectivity index (χ0v) is 27.2. The summed E-state index contributed by atoms with van der Waals surface area (Å²) < 4.78 is 0. The first-order valence-electron chi connectivity index (χ1n) is 16.5. The second-order valence-corrected chi connectivity index (χ2v) is 11.9. The van der Waals surface area contributed by atoms with Crippen molar-refractivity contribution in [2.45, 2.75) is 11.8 Å². The molecule has 6 aromatic carbocycles. The summed E-state index contributed by atoms with van der Waals surface area (Å²) in [5, 5.41) is 6.19. The van der Waals surface area contributed by atoms with Crippen LogP contribution in [0.5, 0.6) is 0 Å². The highest BCUT2D eigenvalue weighted by atomic mass is 16.2. The lowest BCUT2D eigenvalue weighted by atomic mass is 9.90. The molecule has 0 radical (unpaired) electrons. The van der Waals surface area contributed by atoms with Gasteiger partial charge in [-0.25, -0.2) is 9.97 Å². The van der Waals surface area contributed by atoms with E-state index in [0.29, 0.717) is 17.2 Å². The van der Waals surface area contributed by atoms with Gasteiger partial charge in [0.05, 0.1) is 17.5 Å². The van der Waals surface area contributed by atoms with E-state index in [1.54, 1.807) is 6.20 Å². The van der Waals surface area contributed by atoms with Gasteiger partial charge < -0.3 is 10.6 Å². The summed E-state index contributed by atoms with van der Waals surface area (Å²) in [6, 6.07) is 56.2. The second kappa shape index (κ2) is 15.0. The lowest BCUT2D eigenvalue weighted by Crippen LogP contribution is -2.22. The van der Waals surface area contributed by atoms with Gasteiger partial charge >= 0.3 is 0 Å². The topological polar surface area (TPSA) is 84.0 Å². The van der Waals surface area contributed by atoms with Crippen LogP contribution >= 0.6 is 0 Å². The third kappa shape index (κ3) is 7.40. The molecular formula is C44H34N4O2. The maximum Gasteiger partial charge on any atom is 0.236 e. The first-order valence-corrected chi connectivity index (χ1v) is 16.5. The van der Waals surface area contributed by atoms with Crippen LogP contribution in [-0.2, 0) is 9.59 Å². The van der Waals surface area contributed by atoms with Gasteiger partial charge in [-0.1, -0.05) is 133 Å². The summed E-state index contributed by atoms with van der Waals surface area (Å²) in [6.07, 6.45) is 1.73. The molecule has 242 valence electrons. The zero-order chi connectivity index (χ0) is 34.1. The van der Waals surface area contributed by atoms with Crippen molar-refractivity contribution in [1.29, 1.82) is 0 Å². The molecule has 0 fully saturated rings. The van der Waals surface area contributed by atoms with E-state index in [4.69, 9.17) is 4.98 Å². The number of carbonyl (C=O) groups is 2. The lowest BCUT2D eigenvalue weighted by Gasteiger charge is -2.18. The second-order valence-electron chi connectivity index (χ2n) is 11.9. The normalized spacial score (nSPS) is 10.9. The number of anilines is 2. The van der Waals surface area contributed by atoms with Crippen molar-refractivity contribution >= 4 is 23.2 Å². The van der Waals surface area contributed by atoms with Crippen LogP contribution in [0, 0.1) is 0 Å². The molecule has 0 aliphatic heterocycles. The first-order chi connectivity index (χ1) is 24.6. The van der Waals surface area contributed by atoms with Gasteiger partial charge in [0.15, 0.2) is 5.82 Å². The van der Waals surface area contributed by atoms with Crippen LogP contribution in [0.1, 0.15) is 34.1 Å². The smallest absolute Gasteiger partial charge is 0.236 e. The molecule has 6 heteroatoms. The molecule has 0 saturated heterocycles. The van der Waals surface area contributed by atoms with Gasteiger partial charge in [0.25, 0.3) is 0 Å². The number of nitrogens with zero attached hydrogens (tertiary/aromatic N) is 2. The number of benzene rings is 6. The van der Waals surface area contributed by atoms with E-state index in [2.05, 4.69) is 15.6 Å². The summed E-state index contributed by atoms with van der Waals surface area (Å²) in [7, 11) is 0. The van der Waals surface area contributed by atoms with Gasteiger partial charge in [-0.05, 0) is 64.7 Å². The molecule has 0 aliphatic rings. The standard InChI is InChI=1S/C44H34N4O2/c49-43(40(32-13-5-1-6-14-32)33-15-7-2-8-16-33)46-37-25-21-31(22-26-37)39-29-30-45-42(48-39)36-23-27-38(28-24-36)47-44(50)41(34-17-9-3-10-18-34)35-19-11-4-12-20-35/h1-30,40-41H,(H,46,49)(H,47,50). The highest BCUT2D eigenvalue weighted by Crippen LogP contribution is 2.29. The Bertz CT molecular complexity index is 1940. The fraction of sp³-hybridized carbons (Fsp3) is 0.0455. The van der Waals surface area contributed by atoms with Gasteiger partial charge in [0.2, 0.25) is 11.8 Å². The van der Waals surface area contributed by atoms with Crippen molar-refractivity contribution in [2.24, 2.45) is 0 Å². The molecule has 0 unspecified atom stereocenters. The minimum Gasteiger partial charge on any atom is -0.325 e. The van der Waals surface area contributed by atoms with E-state index in [0.717, 1.165) is 39.1 Å². The number of rotatable bonds is 10. The zero-order valence-electron chi connectivity index (χ0n) is 27.2. The van der Waals surface area contributed by atoms with Gasteiger partial charge in [0, 0.05) is 28.7 Å². The predicted molar refractivity (Wildman–Crippen MR) is 200 cm³/mol. The Morgan fingerprint density at radius 1 is 0.420 bits per heavy atom. The third-order valence-electron chi connectivity index (χ3n) is 8.57. The Labute approximate surface area is 291 Å². The molecule has 0 saturated carbocycles. The maximum absolute atomic E-state index is 13.6. The summed E-state index contributed by atoms with van der Waals surface area (Å²) in [6.45, 7) is 0. The Hall–Kier alpha value is -6.66. The number of aromatic nitrogens is 2. The van der Waals surface area contributed by atoms with Crippen LogP contribution in [-0.4, -0.2) is 21.8 Å². The minimum absolute atomic E-state index is 0.102. The molecule has 1 aromatic heterocycles. The highest BCUT2D eigenvalue weighted by molar-refractivity contribution is 5.99. The summed E-state index contributed by atoms with van der Waals surface area (Å²) in [5.41, 5.74) is 7.57. The maximum atomic E-state index is 13.6. The molecular weight excluding hydrogens is 617 g/mol. The summed E-state index contributed by atoms with van der Waals surface area (Å²) >= 11 is 0. The fourth-order valence-electron chi connectivity index (χ4n) is 6.09. The average Bonchev–Trinajstić information content (AvgIpc) is 3.17. The van der Waals surface area contributed by atoms with Crippen molar-refractivity contribution in [2.75, 3.05) is 10.6 Å². The van der Waals surface area contributed by atoms with Crippen molar-refractivity contribution in [3.05, 3.63) is 204 Å². The van der Waals surface area contributed by atoms with E-state index >= 15 is 0 Å². The number of hydrogen-bond donors (Lipinski definition) is 2. The molecule has 2 N–H and O–H groups in total. The average molecular weight is 651 g/mol. The molecule has 6 nitrogen and oxygen atoms in total. The fourth-order valence-corrected chi connectivity index (χ4v) is 6.09. The van der Waals surface area contributed by atoms with Gasteiger partial charge in [-0.2, -0.15) is 0 Å². The Kier molecular flexibility index (Phi) is 9.61. The van der Waals surface area contributed by atoms with Crippen LogP contribution in [0.15, 0.2) is 182 Å². The molecule has 50 heavy (non-hydrogen) atoms. The molecule has 1 heterocycles. The lowest BCUT2D eigenvalue weighted by molar-refractivity contribution is -0.117. The Morgan fingerprint density at radius 3 is 1.16 bits per heavy atom. The van der Waals surface area contributed by atoms with Crippen molar-refractivity contribution in [3.63, 3.8) is 0 Å². The van der Waals surface area contributed by atoms with E-state index in [9.17, 15) is 9.59 Å². The van der Waals surface area contributed by atoms with Gasteiger partial charge in [0.1, 0.15) is 0 Å². The number of carbonyl (C=O) groups excluding carboxylic acids is 2. The summed E-state index contributed by atoms with van der Waals surface area (Å²) in [5.74, 6) is -0.516. The van der Waals surface area contributed by atoms with Gasteiger partial charge in [-0.15, -0.1) is 0 Å². The predicted octanol–water partition coefficient (Wildman–Crippen LogP) is 9.35. The molecule has 7 rings (SSSR count). The van der Waals surface area contributed by atoms with Crippen LogP contribution < -0.4 is 10.6 Å². The number of amides is 2. The monoisotopic (exact) mass is 650 g/mol. The highest BCUT2D eigenvalue weighted by Gasteiger charge is 2.24. The quantitative estimate of drug-likeness (QED) is 0.155. The molecule has 0 atom stereocenters. The molecule has 0 aliphatic carbocycles. The minimum atomic E-state index is -0.439. The van der Waals surface area contributed by atoms with Crippen LogP contribution in [0.2, 0.25) is 0 Å². The van der Waals surface area contributed by atoms with E-state index in [1.807, 2.05) is 176 Å². The van der Waals surface area contributed by atoms with Crippen LogP contribution in [0.4, 0.5) is 11.4 Å². The van der Waals surface area contributed by atoms with Crippen molar-refractivity contribution in [3.8, 4) is 22.6 Å². The number of nitrogens with one attached hydrogen (secondary N) is 2. The Balaban J connectivity index is 1.04. The molecule has 2 amide bonds. The number of hydrogen-bond acceptors (Lipinski definition) is 4. The third-order valence-corrected chi connectivity index (χ3v) is 8.57. The van der Waals surface area contributed by atoms with Crippen LogP contribution in [0.3, 0.4) is 0 Å². The largest absolute Gasteiger partial charge is 0.325 e. The SMILES string of the molecule is O=C(Nc1ccc(-c2ccnc(-c3ccc(NC(=O)C(c4ccccc4)c4ccccc4)cc3)n2)cc1)C(c1ccccc1)c1ccccc1. The Morgan fingerprint density at radius 2 is 0.780 bits per heavy atom. The van der Waals surface area contributed by atoms with Gasteiger partial charge in [-0.3, -0.25) is 9.59 Å². The van der Waals surface area contributed by atoms with Crippen molar-refractivity contribution in [1.82, 2.24) is 9.97 Å².